The minimum absolute atomic E-state index is 0.0743. The lowest BCUT2D eigenvalue weighted by Crippen LogP contribution is -2.42. The predicted octanol–water partition coefficient (Wildman–Crippen LogP) is 9.02. The van der Waals surface area contributed by atoms with Gasteiger partial charge in [-0.05, 0) is 62.1 Å². The number of benzene rings is 4. The molecule has 0 saturated carbocycles. The molecule has 2 heterocycles. The van der Waals surface area contributed by atoms with Gasteiger partial charge in [-0.1, -0.05) is 91.0 Å². The van der Waals surface area contributed by atoms with Gasteiger partial charge in [-0.25, -0.2) is 14.6 Å². The Morgan fingerprint density at radius 3 is 2.00 bits per heavy atom. The zero-order chi connectivity index (χ0) is 33.7. The van der Waals surface area contributed by atoms with Crippen LogP contribution in [0.3, 0.4) is 0 Å². The van der Waals surface area contributed by atoms with E-state index in [4.69, 9.17) is 4.74 Å². The largest absolute Gasteiger partial charge is 0.478 e. The number of carbonyl (C=O) groups excluding carboxylic acids is 1. The number of anilines is 1. The van der Waals surface area contributed by atoms with Crippen LogP contribution in [0.15, 0.2) is 121 Å². The van der Waals surface area contributed by atoms with E-state index in [0.29, 0.717) is 23.7 Å². The Morgan fingerprint density at radius 1 is 0.917 bits per heavy atom. The molecule has 0 unspecified atom stereocenters. The molecule has 0 aliphatic carbocycles. The van der Waals surface area contributed by atoms with Crippen LogP contribution in [0, 0.1) is 0 Å². The van der Waals surface area contributed by atoms with Crippen molar-refractivity contribution in [2.45, 2.75) is 48.8 Å². The quantitative estimate of drug-likeness (QED) is 0.143. The van der Waals surface area contributed by atoms with Crippen molar-refractivity contribution in [2.24, 2.45) is 0 Å². The number of nitrogens with zero attached hydrogens (tertiary/aromatic N) is 2. The van der Waals surface area contributed by atoms with Crippen molar-refractivity contribution in [3.05, 3.63) is 143 Å². The molecule has 1 saturated heterocycles. The standard InChI is InChI=1S/C39H39N3O4S2/c1-38(2,3)46-37(45)42-26-32(24-31(42)25-41-30-19-20-33(36(43)44)34(23-30)35-40-21-22-47-35)48-39(27-13-7-4-8-14-27,28-15-9-5-10-16-28)29-17-11-6-12-18-29/h4-23,31-32,41H,24-26H2,1-3H3,(H,43,44)/t31-,32-/m0/s1. The number of carboxylic acids is 1. The van der Waals surface area contributed by atoms with Gasteiger partial charge in [0.1, 0.15) is 10.6 Å². The number of amides is 1. The third-order valence-corrected chi connectivity index (χ3v) is 10.9. The number of thioether (sulfide) groups is 1. The van der Waals surface area contributed by atoms with Crippen molar-refractivity contribution in [1.82, 2.24) is 9.88 Å². The maximum atomic E-state index is 13.7. The third-order valence-electron chi connectivity index (χ3n) is 8.34. The minimum Gasteiger partial charge on any atom is -0.478 e. The fourth-order valence-electron chi connectivity index (χ4n) is 6.28. The average Bonchev–Trinajstić information content (AvgIpc) is 3.77. The summed E-state index contributed by atoms with van der Waals surface area (Å²) in [6.45, 7) is 6.64. The second kappa shape index (κ2) is 14.3. The van der Waals surface area contributed by atoms with Gasteiger partial charge in [-0.3, -0.25) is 0 Å². The first kappa shape index (κ1) is 33.3. The van der Waals surface area contributed by atoms with Crippen molar-refractivity contribution in [2.75, 3.05) is 18.4 Å². The smallest absolute Gasteiger partial charge is 0.410 e. The predicted molar refractivity (Wildman–Crippen MR) is 195 cm³/mol. The number of carbonyl (C=O) groups is 2. The molecule has 1 amide bonds. The monoisotopic (exact) mass is 677 g/mol. The molecular formula is C39H39N3O4S2. The number of rotatable bonds is 10. The zero-order valence-electron chi connectivity index (χ0n) is 27.2. The molecule has 1 aliphatic heterocycles. The van der Waals surface area contributed by atoms with Gasteiger partial charge in [0.2, 0.25) is 0 Å². The highest BCUT2D eigenvalue weighted by Gasteiger charge is 2.45. The number of hydrogen-bond donors (Lipinski definition) is 2. The molecule has 48 heavy (non-hydrogen) atoms. The van der Waals surface area contributed by atoms with Crippen LogP contribution >= 0.6 is 23.1 Å². The lowest BCUT2D eigenvalue weighted by atomic mass is 9.84. The number of carboxylic acid groups (broad SMARTS) is 1. The SMILES string of the molecule is CC(C)(C)OC(=O)N1C[C@@H](SC(c2ccccc2)(c2ccccc2)c2ccccc2)C[C@H]1CNc1ccc(C(=O)O)c(-c2nccs2)c1. The summed E-state index contributed by atoms with van der Waals surface area (Å²) < 4.78 is 5.40. The van der Waals surface area contributed by atoms with E-state index in [1.165, 1.54) is 28.0 Å². The van der Waals surface area contributed by atoms with Gasteiger partial charge >= 0.3 is 12.1 Å². The van der Waals surface area contributed by atoms with E-state index in [1.807, 2.05) is 67.1 Å². The number of aromatic carboxylic acids is 1. The Labute approximate surface area is 290 Å². The van der Waals surface area contributed by atoms with Gasteiger partial charge in [-0.15, -0.1) is 23.1 Å². The molecule has 1 aromatic heterocycles. The van der Waals surface area contributed by atoms with E-state index in [1.54, 1.807) is 18.3 Å². The van der Waals surface area contributed by atoms with E-state index in [0.717, 1.165) is 12.1 Å². The average molecular weight is 678 g/mol. The Bertz CT molecular complexity index is 1730. The van der Waals surface area contributed by atoms with Gasteiger partial charge in [0, 0.05) is 41.2 Å². The summed E-state index contributed by atoms with van der Waals surface area (Å²) in [4.78, 5) is 31.9. The Morgan fingerprint density at radius 2 is 1.50 bits per heavy atom. The van der Waals surface area contributed by atoms with E-state index in [-0.39, 0.29) is 22.9 Å². The summed E-state index contributed by atoms with van der Waals surface area (Å²) in [6.07, 6.45) is 2.06. The van der Waals surface area contributed by atoms with Gasteiger partial charge in [0.25, 0.3) is 0 Å². The summed E-state index contributed by atoms with van der Waals surface area (Å²) in [5, 5.41) is 15.9. The van der Waals surface area contributed by atoms with Crippen LogP contribution in [-0.2, 0) is 9.48 Å². The first-order chi connectivity index (χ1) is 23.1. The Balaban J connectivity index is 1.34. The lowest BCUT2D eigenvalue weighted by Gasteiger charge is -2.37. The number of hydrogen-bond acceptors (Lipinski definition) is 7. The summed E-state index contributed by atoms with van der Waals surface area (Å²) in [7, 11) is 0. The molecule has 4 aromatic carbocycles. The molecule has 6 rings (SSSR count). The fraction of sp³-hybridized carbons (Fsp3) is 0.256. The summed E-state index contributed by atoms with van der Waals surface area (Å²) >= 11 is 3.27. The maximum absolute atomic E-state index is 13.7. The van der Waals surface area contributed by atoms with Gasteiger partial charge in [0.05, 0.1) is 16.4 Å². The first-order valence-electron chi connectivity index (χ1n) is 16.0. The van der Waals surface area contributed by atoms with Crippen LogP contribution in [0.25, 0.3) is 10.6 Å². The second-order valence-electron chi connectivity index (χ2n) is 12.8. The summed E-state index contributed by atoms with van der Waals surface area (Å²) in [5.41, 5.74) is 4.39. The van der Waals surface area contributed by atoms with Crippen molar-refractivity contribution in [1.29, 1.82) is 0 Å². The topological polar surface area (TPSA) is 91.8 Å². The molecule has 2 atom stereocenters. The normalized spacial score (nSPS) is 16.4. The van der Waals surface area contributed by atoms with Gasteiger partial charge in [-0.2, -0.15) is 0 Å². The molecular weight excluding hydrogens is 639 g/mol. The number of likely N-dealkylation sites (tertiary alicyclic amines) is 1. The van der Waals surface area contributed by atoms with Crippen molar-refractivity contribution in [3.63, 3.8) is 0 Å². The van der Waals surface area contributed by atoms with Gasteiger partial charge < -0.3 is 20.1 Å². The van der Waals surface area contributed by atoms with E-state index in [9.17, 15) is 14.7 Å². The zero-order valence-corrected chi connectivity index (χ0v) is 28.8. The number of nitrogens with one attached hydrogen (secondary N) is 1. The highest BCUT2D eigenvalue weighted by Crippen LogP contribution is 2.52. The highest BCUT2D eigenvalue weighted by atomic mass is 32.2. The Kier molecular flexibility index (Phi) is 9.89. The molecule has 7 nitrogen and oxygen atoms in total. The molecule has 0 bridgehead atoms. The van der Waals surface area contributed by atoms with Crippen molar-refractivity contribution >= 4 is 40.8 Å². The molecule has 246 valence electrons. The molecule has 2 N–H and O–H groups in total. The van der Waals surface area contributed by atoms with Crippen LogP contribution in [0.5, 0.6) is 0 Å². The third kappa shape index (κ3) is 7.27. The van der Waals surface area contributed by atoms with E-state index >= 15 is 0 Å². The van der Waals surface area contributed by atoms with Crippen molar-refractivity contribution in [3.8, 4) is 10.6 Å². The highest BCUT2D eigenvalue weighted by molar-refractivity contribution is 8.01. The van der Waals surface area contributed by atoms with Crippen LogP contribution in [0.1, 0.15) is 54.2 Å². The van der Waals surface area contributed by atoms with Crippen LogP contribution < -0.4 is 5.32 Å². The summed E-state index contributed by atoms with van der Waals surface area (Å²) in [5.74, 6) is -1.00. The van der Waals surface area contributed by atoms with E-state index in [2.05, 4.69) is 83.1 Å². The van der Waals surface area contributed by atoms with Crippen LogP contribution in [-0.4, -0.2) is 57.0 Å². The first-order valence-corrected chi connectivity index (χ1v) is 17.7. The summed E-state index contributed by atoms with van der Waals surface area (Å²) in [6, 6.07) is 36.8. The molecule has 5 aromatic rings. The lowest BCUT2D eigenvalue weighted by molar-refractivity contribution is 0.0235. The minimum atomic E-state index is -1.00. The number of ether oxygens (including phenoxy) is 1. The van der Waals surface area contributed by atoms with E-state index < -0.39 is 16.3 Å². The molecule has 9 heteroatoms. The maximum Gasteiger partial charge on any atom is 0.410 e. The van der Waals surface area contributed by atoms with Crippen LogP contribution in [0.2, 0.25) is 0 Å². The second-order valence-corrected chi connectivity index (χ2v) is 15.2. The molecule has 0 spiro atoms. The Hall–Kier alpha value is -4.60. The van der Waals surface area contributed by atoms with Crippen molar-refractivity contribution < 1.29 is 19.4 Å². The molecule has 1 fully saturated rings. The molecule has 1 aliphatic rings. The number of aromatic nitrogens is 1. The fourth-order valence-corrected chi connectivity index (χ4v) is 8.82. The van der Waals surface area contributed by atoms with Gasteiger partial charge in [0.15, 0.2) is 0 Å². The van der Waals surface area contributed by atoms with Crippen LogP contribution in [0.4, 0.5) is 10.5 Å². The number of thiazole rings is 1. The molecule has 0 radical (unpaired) electrons.